The van der Waals surface area contributed by atoms with E-state index in [9.17, 15) is 10.2 Å². The predicted molar refractivity (Wildman–Crippen MR) is 71.1 cm³/mol. The first kappa shape index (κ1) is 14.0. The van der Waals surface area contributed by atoms with E-state index in [-0.39, 0.29) is 5.75 Å². The second-order valence-corrected chi connectivity index (χ2v) is 4.79. The molecule has 0 aliphatic heterocycles. The summed E-state index contributed by atoms with van der Waals surface area (Å²) >= 11 is 0. The summed E-state index contributed by atoms with van der Waals surface area (Å²) in [5.74, 6) is 0.252. The Hall–Kier alpha value is -1.02. The average Bonchev–Trinajstić information content (AvgIpc) is 2.34. The number of unbranched alkanes of at least 4 members (excludes halogenated alkanes) is 2. The zero-order chi connectivity index (χ0) is 12.7. The lowest BCUT2D eigenvalue weighted by atomic mass is 9.84. The quantitative estimate of drug-likeness (QED) is 0.752. The molecule has 0 saturated heterocycles. The lowest BCUT2D eigenvalue weighted by molar-refractivity contribution is 0.0141. The fourth-order valence-corrected chi connectivity index (χ4v) is 2.12. The second-order valence-electron chi connectivity index (χ2n) is 4.79. The number of benzene rings is 1. The van der Waals surface area contributed by atoms with Gasteiger partial charge in [0, 0.05) is 0 Å². The Bertz CT molecular complexity index is 308. The van der Waals surface area contributed by atoms with Gasteiger partial charge in [-0.15, -0.1) is 0 Å². The van der Waals surface area contributed by atoms with Crippen LogP contribution in [-0.4, -0.2) is 10.2 Å². The van der Waals surface area contributed by atoms with Crippen molar-refractivity contribution in [3.8, 4) is 5.75 Å². The minimum atomic E-state index is -0.722. The maximum atomic E-state index is 10.8. The van der Waals surface area contributed by atoms with Gasteiger partial charge in [-0.25, -0.2) is 0 Å². The van der Waals surface area contributed by atoms with Crippen LogP contribution in [-0.2, 0) is 5.60 Å². The molecule has 0 unspecified atom stereocenters. The smallest absolute Gasteiger partial charge is 0.115 e. The van der Waals surface area contributed by atoms with Gasteiger partial charge >= 0.3 is 0 Å². The van der Waals surface area contributed by atoms with E-state index in [0.29, 0.717) is 0 Å². The molecule has 0 fully saturated rings. The average molecular weight is 236 g/mol. The number of phenolic OH excluding ortho intramolecular Hbond substituents is 1. The molecule has 0 aromatic heterocycles. The van der Waals surface area contributed by atoms with Crippen molar-refractivity contribution in [3.63, 3.8) is 0 Å². The van der Waals surface area contributed by atoms with E-state index in [2.05, 4.69) is 13.8 Å². The van der Waals surface area contributed by atoms with Crippen LogP contribution in [0, 0.1) is 0 Å². The van der Waals surface area contributed by atoms with E-state index in [1.807, 2.05) is 12.1 Å². The van der Waals surface area contributed by atoms with Crippen molar-refractivity contribution in [2.24, 2.45) is 0 Å². The van der Waals surface area contributed by atoms with Gasteiger partial charge in [-0.2, -0.15) is 0 Å². The molecule has 17 heavy (non-hydrogen) atoms. The molecule has 0 amide bonds. The Balaban J connectivity index is 2.83. The molecule has 0 radical (unpaired) electrons. The van der Waals surface area contributed by atoms with E-state index in [0.717, 1.165) is 44.1 Å². The molecule has 2 N–H and O–H groups in total. The standard InChI is InChI=1S/C15H24O2/c1-3-5-11-15(17,12-6-4-2)13-7-9-14(16)10-8-13/h7-10,16-17H,3-6,11-12H2,1-2H3. The van der Waals surface area contributed by atoms with Gasteiger partial charge < -0.3 is 10.2 Å². The molecule has 0 aliphatic rings. The zero-order valence-electron chi connectivity index (χ0n) is 10.9. The fraction of sp³-hybridized carbons (Fsp3) is 0.600. The van der Waals surface area contributed by atoms with E-state index in [1.54, 1.807) is 12.1 Å². The summed E-state index contributed by atoms with van der Waals surface area (Å²) in [7, 11) is 0. The Morgan fingerprint density at radius 2 is 1.41 bits per heavy atom. The van der Waals surface area contributed by atoms with Gasteiger partial charge in [0.2, 0.25) is 0 Å². The molecule has 0 atom stereocenters. The van der Waals surface area contributed by atoms with Crippen molar-refractivity contribution >= 4 is 0 Å². The van der Waals surface area contributed by atoms with Crippen LogP contribution in [0.25, 0.3) is 0 Å². The largest absolute Gasteiger partial charge is 0.508 e. The van der Waals surface area contributed by atoms with Gasteiger partial charge in [0.25, 0.3) is 0 Å². The van der Waals surface area contributed by atoms with Gasteiger partial charge in [0.05, 0.1) is 5.60 Å². The highest BCUT2D eigenvalue weighted by atomic mass is 16.3. The highest BCUT2D eigenvalue weighted by molar-refractivity contribution is 5.29. The van der Waals surface area contributed by atoms with Crippen LogP contribution in [0.5, 0.6) is 5.75 Å². The van der Waals surface area contributed by atoms with Gasteiger partial charge in [-0.05, 0) is 30.5 Å². The van der Waals surface area contributed by atoms with Crippen LogP contribution in [0.3, 0.4) is 0 Å². The van der Waals surface area contributed by atoms with Crippen LogP contribution in [0.1, 0.15) is 57.9 Å². The number of rotatable bonds is 7. The molecular formula is C15H24O2. The molecule has 0 saturated carbocycles. The molecule has 0 aliphatic carbocycles. The van der Waals surface area contributed by atoms with Gasteiger partial charge in [0.15, 0.2) is 0 Å². The number of aromatic hydroxyl groups is 1. The second kappa shape index (κ2) is 6.65. The third kappa shape index (κ3) is 4.04. The van der Waals surface area contributed by atoms with Gasteiger partial charge in [-0.3, -0.25) is 0 Å². The molecule has 1 aromatic rings. The Morgan fingerprint density at radius 3 is 1.82 bits per heavy atom. The maximum absolute atomic E-state index is 10.8. The minimum Gasteiger partial charge on any atom is -0.508 e. The summed E-state index contributed by atoms with van der Waals surface area (Å²) in [6.45, 7) is 4.27. The predicted octanol–water partition coefficient (Wildman–Crippen LogP) is 3.96. The molecule has 1 rings (SSSR count). The summed E-state index contributed by atoms with van der Waals surface area (Å²) in [5.41, 5.74) is 0.205. The maximum Gasteiger partial charge on any atom is 0.115 e. The van der Waals surface area contributed by atoms with Crippen molar-refractivity contribution in [2.45, 2.75) is 58.0 Å². The molecule has 1 aromatic carbocycles. The highest BCUT2D eigenvalue weighted by Gasteiger charge is 2.27. The van der Waals surface area contributed by atoms with Crippen LogP contribution in [0.15, 0.2) is 24.3 Å². The SMILES string of the molecule is CCCCC(O)(CCCC)c1ccc(O)cc1. The van der Waals surface area contributed by atoms with Crippen molar-refractivity contribution in [1.82, 2.24) is 0 Å². The van der Waals surface area contributed by atoms with Crippen LogP contribution in [0.2, 0.25) is 0 Å². The van der Waals surface area contributed by atoms with Crippen molar-refractivity contribution in [3.05, 3.63) is 29.8 Å². The Kier molecular flexibility index (Phi) is 5.49. The number of phenols is 1. The lowest BCUT2D eigenvalue weighted by Crippen LogP contribution is -2.25. The number of hydrogen-bond acceptors (Lipinski definition) is 2. The molecule has 0 spiro atoms. The zero-order valence-corrected chi connectivity index (χ0v) is 10.9. The first-order chi connectivity index (χ1) is 8.12. The topological polar surface area (TPSA) is 40.5 Å². The minimum absolute atomic E-state index is 0.252. The third-order valence-electron chi connectivity index (χ3n) is 3.29. The van der Waals surface area contributed by atoms with E-state index in [4.69, 9.17) is 0 Å². The first-order valence-corrected chi connectivity index (χ1v) is 6.64. The molecule has 0 heterocycles. The first-order valence-electron chi connectivity index (χ1n) is 6.64. The summed E-state index contributed by atoms with van der Waals surface area (Å²) in [6, 6.07) is 6.97. The number of hydrogen-bond donors (Lipinski definition) is 2. The van der Waals surface area contributed by atoms with Crippen molar-refractivity contribution in [1.29, 1.82) is 0 Å². The molecule has 0 bridgehead atoms. The third-order valence-corrected chi connectivity index (χ3v) is 3.29. The van der Waals surface area contributed by atoms with Gasteiger partial charge in [-0.1, -0.05) is 51.7 Å². The highest BCUT2D eigenvalue weighted by Crippen LogP contribution is 2.33. The van der Waals surface area contributed by atoms with E-state index in [1.165, 1.54) is 0 Å². The Labute approximate surface area is 104 Å². The van der Waals surface area contributed by atoms with Crippen LogP contribution >= 0.6 is 0 Å². The number of aliphatic hydroxyl groups is 1. The van der Waals surface area contributed by atoms with E-state index >= 15 is 0 Å². The molecule has 2 nitrogen and oxygen atoms in total. The van der Waals surface area contributed by atoms with Crippen LogP contribution in [0.4, 0.5) is 0 Å². The van der Waals surface area contributed by atoms with Crippen molar-refractivity contribution in [2.75, 3.05) is 0 Å². The molecule has 2 heteroatoms. The summed E-state index contributed by atoms with van der Waals surface area (Å²) < 4.78 is 0. The molecule has 96 valence electrons. The summed E-state index contributed by atoms with van der Waals surface area (Å²) in [5, 5.41) is 20.0. The fourth-order valence-electron chi connectivity index (χ4n) is 2.12. The summed E-state index contributed by atoms with van der Waals surface area (Å²) in [6.07, 6.45) is 5.84. The summed E-state index contributed by atoms with van der Waals surface area (Å²) in [4.78, 5) is 0. The van der Waals surface area contributed by atoms with Crippen molar-refractivity contribution < 1.29 is 10.2 Å². The van der Waals surface area contributed by atoms with Gasteiger partial charge in [0.1, 0.15) is 5.75 Å². The van der Waals surface area contributed by atoms with E-state index < -0.39 is 5.60 Å². The normalized spacial score (nSPS) is 11.7. The monoisotopic (exact) mass is 236 g/mol. The molecular weight excluding hydrogens is 212 g/mol. The lowest BCUT2D eigenvalue weighted by Gasteiger charge is -2.29. The Morgan fingerprint density at radius 1 is 0.941 bits per heavy atom. The van der Waals surface area contributed by atoms with Crippen LogP contribution < -0.4 is 0 Å².